The molecule has 1 aliphatic carbocycles. The molecule has 0 spiro atoms. The molecule has 2 aliphatic rings. The highest BCUT2D eigenvalue weighted by Crippen LogP contribution is 2.46. The number of carboxylic acids is 1. The molecule has 1 heterocycles. The predicted molar refractivity (Wildman–Crippen MR) is 60.1 cm³/mol. The maximum atomic E-state index is 11.3. The highest BCUT2D eigenvalue weighted by molar-refractivity contribution is 5.75. The molecule has 3 N–H and O–H groups in total. The van der Waals surface area contributed by atoms with Crippen LogP contribution < -0.4 is 5.32 Å². The number of carboxylic acid groups (broad SMARTS) is 1. The Morgan fingerprint density at radius 3 is 2.75 bits per heavy atom. The van der Waals surface area contributed by atoms with E-state index in [1.807, 2.05) is 0 Å². The second-order valence-electron chi connectivity index (χ2n) is 5.79. The van der Waals surface area contributed by atoms with Crippen molar-refractivity contribution in [1.82, 2.24) is 5.32 Å². The number of carbonyl (C=O) groups is 1. The molecule has 2 fully saturated rings. The Bertz CT molecular complexity index is 303. The van der Waals surface area contributed by atoms with Crippen LogP contribution in [0.15, 0.2) is 0 Å². The molecular formula is C12H21NO3. The first-order valence-corrected chi connectivity index (χ1v) is 6.07. The normalized spacial score (nSPS) is 39.4. The van der Waals surface area contributed by atoms with Gasteiger partial charge in [-0.15, -0.1) is 0 Å². The molecular weight excluding hydrogens is 206 g/mol. The summed E-state index contributed by atoms with van der Waals surface area (Å²) in [6, 6.07) is -0.0638. The minimum Gasteiger partial charge on any atom is -0.481 e. The van der Waals surface area contributed by atoms with Gasteiger partial charge in [0.15, 0.2) is 0 Å². The molecule has 1 aliphatic heterocycles. The van der Waals surface area contributed by atoms with Crippen LogP contribution in [-0.4, -0.2) is 34.4 Å². The second-order valence-corrected chi connectivity index (χ2v) is 5.79. The highest BCUT2D eigenvalue weighted by Gasteiger charge is 2.56. The van der Waals surface area contributed by atoms with Gasteiger partial charge in [0, 0.05) is 6.04 Å². The van der Waals surface area contributed by atoms with Gasteiger partial charge in [0.2, 0.25) is 0 Å². The van der Waals surface area contributed by atoms with Crippen LogP contribution in [0.5, 0.6) is 0 Å². The zero-order valence-electron chi connectivity index (χ0n) is 9.99. The van der Waals surface area contributed by atoms with Gasteiger partial charge in [0.25, 0.3) is 0 Å². The average molecular weight is 227 g/mol. The van der Waals surface area contributed by atoms with Gasteiger partial charge in [-0.25, -0.2) is 0 Å². The molecule has 0 aromatic rings. The summed E-state index contributed by atoms with van der Waals surface area (Å²) in [5.41, 5.74) is -2.21. The fraction of sp³-hybridized carbons (Fsp3) is 0.917. The molecule has 92 valence electrons. The summed E-state index contributed by atoms with van der Waals surface area (Å²) in [5.74, 6) is -0.253. The van der Waals surface area contributed by atoms with E-state index < -0.39 is 17.0 Å². The third kappa shape index (κ3) is 1.55. The third-order valence-corrected chi connectivity index (χ3v) is 4.64. The molecule has 2 bridgehead atoms. The van der Waals surface area contributed by atoms with Gasteiger partial charge in [-0.2, -0.15) is 0 Å². The van der Waals surface area contributed by atoms with Crippen LogP contribution in [0.25, 0.3) is 0 Å². The Morgan fingerprint density at radius 1 is 1.44 bits per heavy atom. The van der Waals surface area contributed by atoms with E-state index in [0.29, 0.717) is 12.3 Å². The molecule has 1 saturated heterocycles. The minimum absolute atomic E-state index is 0.0638. The SMILES string of the molecule is CC(C)(C(=O)O)C1(O)CCC2CCNC1C2. The number of fused-ring (bicyclic) bond motifs is 2. The fourth-order valence-corrected chi connectivity index (χ4v) is 3.15. The molecule has 1 saturated carbocycles. The first kappa shape index (κ1) is 11.9. The largest absolute Gasteiger partial charge is 0.481 e. The van der Waals surface area contributed by atoms with Crippen LogP contribution in [0.3, 0.4) is 0 Å². The summed E-state index contributed by atoms with van der Waals surface area (Å²) in [4.78, 5) is 11.3. The van der Waals surface area contributed by atoms with Crippen molar-refractivity contribution < 1.29 is 15.0 Å². The maximum absolute atomic E-state index is 11.3. The average Bonchev–Trinajstić information content (AvgIpc) is 2.24. The van der Waals surface area contributed by atoms with E-state index in [9.17, 15) is 15.0 Å². The first-order chi connectivity index (χ1) is 7.38. The second kappa shape index (κ2) is 3.70. The van der Waals surface area contributed by atoms with E-state index in [0.717, 1.165) is 25.8 Å². The standard InChI is InChI=1S/C12H21NO3/c1-11(2,10(14)15)12(16)5-3-8-4-6-13-9(12)7-8/h8-9,13,16H,3-7H2,1-2H3,(H,14,15). The molecule has 3 unspecified atom stereocenters. The molecule has 0 aromatic heterocycles. The van der Waals surface area contributed by atoms with Crippen molar-refractivity contribution >= 4 is 5.97 Å². The summed E-state index contributed by atoms with van der Waals surface area (Å²) >= 11 is 0. The van der Waals surface area contributed by atoms with Gasteiger partial charge in [-0.1, -0.05) is 0 Å². The van der Waals surface area contributed by atoms with E-state index in [4.69, 9.17) is 0 Å². The lowest BCUT2D eigenvalue weighted by atomic mass is 9.61. The topological polar surface area (TPSA) is 69.6 Å². The van der Waals surface area contributed by atoms with Crippen LogP contribution in [0, 0.1) is 11.3 Å². The van der Waals surface area contributed by atoms with E-state index in [1.54, 1.807) is 13.8 Å². The smallest absolute Gasteiger partial charge is 0.312 e. The van der Waals surface area contributed by atoms with Crippen LogP contribution >= 0.6 is 0 Å². The van der Waals surface area contributed by atoms with Crippen LogP contribution in [0.2, 0.25) is 0 Å². The van der Waals surface area contributed by atoms with E-state index in [-0.39, 0.29) is 6.04 Å². The number of nitrogens with one attached hydrogen (secondary N) is 1. The van der Waals surface area contributed by atoms with Crippen LogP contribution in [0.4, 0.5) is 0 Å². The Labute approximate surface area is 96.0 Å². The summed E-state index contributed by atoms with van der Waals surface area (Å²) in [6.45, 7) is 4.16. The number of hydrogen-bond acceptors (Lipinski definition) is 3. The van der Waals surface area contributed by atoms with Gasteiger partial charge in [-0.05, 0) is 52.0 Å². The Kier molecular flexibility index (Phi) is 2.75. The molecule has 4 heteroatoms. The van der Waals surface area contributed by atoms with Crippen LogP contribution in [-0.2, 0) is 4.79 Å². The number of aliphatic carboxylic acids is 1. The van der Waals surface area contributed by atoms with Gasteiger partial charge < -0.3 is 15.5 Å². The maximum Gasteiger partial charge on any atom is 0.312 e. The zero-order chi connectivity index (χ0) is 12.0. The quantitative estimate of drug-likeness (QED) is 0.658. The molecule has 2 rings (SSSR count). The Hall–Kier alpha value is -0.610. The van der Waals surface area contributed by atoms with E-state index in [2.05, 4.69) is 5.32 Å². The van der Waals surface area contributed by atoms with Gasteiger partial charge in [0.1, 0.15) is 0 Å². The predicted octanol–water partition coefficient (Wildman–Crippen LogP) is 0.990. The van der Waals surface area contributed by atoms with Crippen molar-refractivity contribution in [2.45, 2.75) is 51.2 Å². The number of hydrogen-bond donors (Lipinski definition) is 3. The van der Waals surface area contributed by atoms with Gasteiger partial charge in [-0.3, -0.25) is 4.79 Å². The van der Waals surface area contributed by atoms with Crippen molar-refractivity contribution in [3.8, 4) is 0 Å². The monoisotopic (exact) mass is 227 g/mol. The molecule has 0 amide bonds. The number of rotatable bonds is 2. The molecule has 3 atom stereocenters. The number of piperidine rings is 1. The highest BCUT2D eigenvalue weighted by atomic mass is 16.4. The molecule has 16 heavy (non-hydrogen) atoms. The third-order valence-electron chi connectivity index (χ3n) is 4.64. The van der Waals surface area contributed by atoms with Crippen LogP contribution in [0.1, 0.15) is 39.5 Å². The minimum atomic E-state index is -1.12. The fourth-order valence-electron chi connectivity index (χ4n) is 3.15. The van der Waals surface area contributed by atoms with Gasteiger partial charge >= 0.3 is 5.97 Å². The lowest BCUT2D eigenvalue weighted by Gasteiger charge is -2.52. The first-order valence-electron chi connectivity index (χ1n) is 6.07. The Morgan fingerprint density at radius 2 is 2.12 bits per heavy atom. The summed E-state index contributed by atoms with van der Waals surface area (Å²) in [7, 11) is 0. The zero-order valence-corrected chi connectivity index (χ0v) is 9.99. The van der Waals surface area contributed by atoms with E-state index >= 15 is 0 Å². The summed E-state index contributed by atoms with van der Waals surface area (Å²) < 4.78 is 0. The van der Waals surface area contributed by atoms with E-state index in [1.165, 1.54) is 0 Å². The van der Waals surface area contributed by atoms with Crippen molar-refractivity contribution in [2.75, 3.05) is 6.54 Å². The molecule has 4 nitrogen and oxygen atoms in total. The number of aliphatic hydroxyl groups is 1. The van der Waals surface area contributed by atoms with Crippen molar-refractivity contribution in [1.29, 1.82) is 0 Å². The lowest BCUT2D eigenvalue weighted by Crippen LogP contribution is -2.65. The van der Waals surface area contributed by atoms with Crippen molar-refractivity contribution in [2.24, 2.45) is 11.3 Å². The molecule has 0 radical (unpaired) electrons. The van der Waals surface area contributed by atoms with Gasteiger partial charge in [0.05, 0.1) is 11.0 Å². The lowest BCUT2D eigenvalue weighted by molar-refractivity contribution is -0.178. The summed E-state index contributed by atoms with van der Waals surface area (Å²) in [5, 5.41) is 23.3. The van der Waals surface area contributed by atoms with Crippen molar-refractivity contribution in [3.05, 3.63) is 0 Å². The Balaban J connectivity index is 2.27. The molecule has 0 aromatic carbocycles. The summed E-state index contributed by atoms with van der Waals surface area (Å²) in [6.07, 6.45) is 3.60. The van der Waals surface area contributed by atoms with Crippen molar-refractivity contribution in [3.63, 3.8) is 0 Å².